The number of rotatable bonds is 6. The molecule has 0 unspecified atom stereocenters. The lowest BCUT2D eigenvalue weighted by atomic mass is 10.1. The number of nitrogens with one attached hydrogen (secondary N) is 1. The first-order valence-corrected chi connectivity index (χ1v) is 9.74. The van der Waals surface area contributed by atoms with E-state index in [-0.39, 0.29) is 6.42 Å². The second kappa shape index (κ2) is 8.61. The molecule has 8 heteroatoms. The van der Waals surface area contributed by atoms with Crippen molar-refractivity contribution in [2.45, 2.75) is 52.2 Å². The van der Waals surface area contributed by atoms with Crippen LogP contribution in [0.2, 0.25) is 0 Å². The van der Waals surface area contributed by atoms with E-state index in [9.17, 15) is 9.59 Å². The van der Waals surface area contributed by atoms with Crippen molar-refractivity contribution in [3.63, 3.8) is 0 Å². The number of aromatic nitrogens is 1. The quantitative estimate of drug-likeness (QED) is 0.601. The molecule has 3 rings (SSSR count). The van der Waals surface area contributed by atoms with Crippen LogP contribution in [0, 0.1) is 0 Å². The number of nitrogens with zero attached hydrogens (tertiary/aromatic N) is 1. The first-order valence-electron chi connectivity index (χ1n) is 9.74. The maximum absolute atomic E-state index is 12.2. The summed E-state index contributed by atoms with van der Waals surface area (Å²) in [5.74, 6) is 1.23. The molecule has 0 saturated heterocycles. The van der Waals surface area contributed by atoms with E-state index in [2.05, 4.69) is 10.3 Å². The van der Waals surface area contributed by atoms with Gasteiger partial charge in [-0.25, -0.2) is 14.6 Å². The summed E-state index contributed by atoms with van der Waals surface area (Å²) in [7, 11) is 1.27. The monoisotopic (exact) mass is 414 g/mol. The van der Waals surface area contributed by atoms with Crippen LogP contribution in [0.5, 0.6) is 0 Å². The summed E-state index contributed by atoms with van der Waals surface area (Å²) in [6.45, 7) is 7.25. The number of carbonyl (C=O) groups excluding carboxylic acids is 2. The number of amides is 1. The van der Waals surface area contributed by atoms with E-state index in [0.29, 0.717) is 22.8 Å². The van der Waals surface area contributed by atoms with Crippen LogP contribution in [0.3, 0.4) is 0 Å². The number of alkyl carbamates (subject to hydrolysis) is 1. The van der Waals surface area contributed by atoms with Crippen LogP contribution >= 0.6 is 0 Å². The van der Waals surface area contributed by atoms with Crippen molar-refractivity contribution >= 4 is 23.2 Å². The molecule has 30 heavy (non-hydrogen) atoms. The Morgan fingerprint density at radius 2 is 1.93 bits per heavy atom. The fraction of sp³-hybridized carbons (Fsp3) is 0.409. The van der Waals surface area contributed by atoms with Crippen molar-refractivity contribution in [3.05, 3.63) is 41.7 Å². The molecule has 1 aromatic carbocycles. The largest absolute Gasteiger partial charge is 0.467 e. The highest BCUT2D eigenvalue weighted by Crippen LogP contribution is 2.27. The van der Waals surface area contributed by atoms with E-state index in [1.807, 2.05) is 25.1 Å². The van der Waals surface area contributed by atoms with Gasteiger partial charge in [-0.3, -0.25) is 0 Å². The zero-order chi connectivity index (χ0) is 21.9. The molecular weight excluding hydrogens is 388 g/mol. The molecule has 1 amide bonds. The third-order valence-electron chi connectivity index (χ3n) is 4.29. The lowest BCUT2D eigenvalue weighted by Gasteiger charge is -2.22. The summed E-state index contributed by atoms with van der Waals surface area (Å²) >= 11 is 0. The average Bonchev–Trinajstić information content (AvgIpc) is 3.31. The number of hydrogen-bond donors (Lipinski definition) is 1. The van der Waals surface area contributed by atoms with Crippen molar-refractivity contribution in [3.8, 4) is 11.7 Å². The topological polar surface area (TPSA) is 104 Å². The number of furan rings is 1. The molecule has 1 atom stereocenters. The van der Waals surface area contributed by atoms with E-state index < -0.39 is 23.7 Å². The molecule has 0 saturated carbocycles. The van der Waals surface area contributed by atoms with Gasteiger partial charge in [0, 0.05) is 12.8 Å². The Kier molecular flexibility index (Phi) is 6.14. The Bertz CT molecular complexity index is 1040. The molecule has 0 spiro atoms. The lowest BCUT2D eigenvalue weighted by molar-refractivity contribution is -0.143. The van der Waals surface area contributed by atoms with Crippen LogP contribution in [0.4, 0.5) is 4.79 Å². The molecule has 0 fully saturated rings. The Labute approximate surface area is 174 Å². The van der Waals surface area contributed by atoms with Gasteiger partial charge < -0.3 is 23.6 Å². The van der Waals surface area contributed by atoms with Crippen molar-refractivity contribution in [2.75, 3.05) is 7.11 Å². The van der Waals surface area contributed by atoms with Gasteiger partial charge in [-0.15, -0.1) is 0 Å². The standard InChI is InChI=1S/C22H26N2O6/c1-6-14-8-10-18(28-14)19-23-15-11-13(7-9-17(15)29-19)12-16(20(25)27-5)24-21(26)30-22(2,3)4/h7-11,16H,6,12H2,1-5H3,(H,24,26)/t16-/m0/s1. The van der Waals surface area contributed by atoms with Gasteiger partial charge in [-0.1, -0.05) is 13.0 Å². The minimum Gasteiger partial charge on any atom is -0.467 e. The second-order valence-corrected chi connectivity index (χ2v) is 7.87. The van der Waals surface area contributed by atoms with Gasteiger partial charge in [0.05, 0.1) is 7.11 Å². The van der Waals surface area contributed by atoms with Gasteiger partial charge in [-0.05, 0) is 50.6 Å². The van der Waals surface area contributed by atoms with Crippen LogP contribution < -0.4 is 5.32 Å². The normalized spacial score (nSPS) is 12.6. The summed E-state index contributed by atoms with van der Waals surface area (Å²) in [6.07, 6.45) is 0.307. The number of carbonyl (C=O) groups is 2. The lowest BCUT2D eigenvalue weighted by Crippen LogP contribution is -2.45. The molecule has 2 aromatic heterocycles. The summed E-state index contributed by atoms with van der Waals surface area (Å²) in [5, 5.41) is 2.57. The molecule has 0 aliphatic carbocycles. The Morgan fingerprint density at radius 1 is 1.17 bits per heavy atom. The zero-order valence-electron chi connectivity index (χ0n) is 17.8. The first-order chi connectivity index (χ1) is 14.2. The maximum atomic E-state index is 12.2. The third kappa shape index (κ3) is 5.20. The summed E-state index contributed by atoms with van der Waals surface area (Å²) in [6, 6.07) is 8.20. The van der Waals surface area contributed by atoms with Crippen LogP contribution in [-0.4, -0.2) is 35.8 Å². The van der Waals surface area contributed by atoms with Crippen LogP contribution in [0.1, 0.15) is 39.0 Å². The molecular formula is C22H26N2O6. The highest BCUT2D eigenvalue weighted by atomic mass is 16.6. The van der Waals surface area contributed by atoms with E-state index >= 15 is 0 Å². The smallest absolute Gasteiger partial charge is 0.408 e. The van der Waals surface area contributed by atoms with Crippen molar-refractivity contribution < 1.29 is 27.9 Å². The average molecular weight is 414 g/mol. The molecule has 2 heterocycles. The van der Waals surface area contributed by atoms with Crippen molar-refractivity contribution in [1.29, 1.82) is 0 Å². The molecule has 0 bridgehead atoms. The highest BCUT2D eigenvalue weighted by molar-refractivity contribution is 5.82. The summed E-state index contributed by atoms with van der Waals surface area (Å²) < 4.78 is 21.5. The fourth-order valence-corrected chi connectivity index (χ4v) is 2.91. The summed E-state index contributed by atoms with van der Waals surface area (Å²) in [5.41, 5.74) is 1.32. The predicted octanol–water partition coefficient (Wildman–Crippen LogP) is 4.26. The number of benzene rings is 1. The van der Waals surface area contributed by atoms with Gasteiger partial charge in [0.25, 0.3) is 5.89 Å². The molecule has 0 radical (unpaired) electrons. The molecule has 8 nitrogen and oxygen atoms in total. The number of hydrogen-bond acceptors (Lipinski definition) is 7. The molecule has 0 aliphatic rings. The third-order valence-corrected chi connectivity index (χ3v) is 4.29. The SMILES string of the molecule is CCc1ccc(-c2nc3cc(C[C@H](NC(=O)OC(C)(C)C)C(=O)OC)ccc3o2)o1. The van der Waals surface area contributed by atoms with E-state index in [1.54, 1.807) is 32.9 Å². The minimum atomic E-state index is -0.897. The molecule has 3 aromatic rings. The summed E-state index contributed by atoms with van der Waals surface area (Å²) in [4.78, 5) is 28.7. The predicted molar refractivity (Wildman–Crippen MR) is 110 cm³/mol. The van der Waals surface area contributed by atoms with E-state index in [4.69, 9.17) is 18.3 Å². The Morgan fingerprint density at radius 3 is 2.57 bits per heavy atom. The number of methoxy groups -OCH3 is 1. The van der Waals surface area contributed by atoms with Gasteiger partial charge in [0.2, 0.25) is 0 Å². The van der Waals surface area contributed by atoms with Crippen LogP contribution in [0.15, 0.2) is 39.2 Å². The van der Waals surface area contributed by atoms with Gasteiger partial charge in [0.15, 0.2) is 11.3 Å². The van der Waals surface area contributed by atoms with E-state index in [0.717, 1.165) is 17.7 Å². The Balaban J connectivity index is 1.79. The fourth-order valence-electron chi connectivity index (χ4n) is 2.91. The highest BCUT2D eigenvalue weighted by Gasteiger charge is 2.25. The minimum absolute atomic E-state index is 0.213. The number of aryl methyl sites for hydroxylation is 1. The second-order valence-electron chi connectivity index (χ2n) is 7.87. The maximum Gasteiger partial charge on any atom is 0.408 e. The van der Waals surface area contributed by atoms with Crippen LogP contribution in [0.25, 0.3) is 22.8 Å². The van der Waals surface area contributed by atoms with Gasteiger partial charge in [0.1, 0.15) is 22.9 Å². The van der Waals surface area contributed by atoms with E-state index in [1.165, 1.54) is 7.11 Å². The van der Waals surface area contributed by atoms with Crippen LogP contribution in [-0.2, 0) is 27.1 Å². The van der Waals surface area contributed by atoms with Gasteiger partial charge in [-0.2, -0.15) is 0 Å². The number of ether oxygens (including phenoxy) is 2. The Hall–Kier alpha value is -3.29. The van der Waals surface area contributed by atoms with Gasteiger partial charge >= 0.3 is 12.1 Å². The van der Waals surface area contributed by atoms with Crippen molar-refractivity contribution in [1.82, 2.24) is 10.3 Å². The molecule has 1 N–H and O–H groups in total. The molecule has 0 aliphatic heterocycles. The number of oxazole rings is 1. The zero-order valence-corrected chi connectivity index (χ0v) is 17.8. The number of esters is 1. The van der Waals surface area contributed by atoms with Crippen molar-refractivity contribution in [2.24, 2.45) is 0 Å². The number of fused-ring (bicyclic) bond motifs is 1. The molecule has 160 valence electrons. The first kappa shape index (κ1) is 21.4.